The van der Waals surface area contributed by atoms with Crippen LogP contribution in [0.4, 0.5) is 0 Å². The second-order valence-corrected chi connectivity index (χ2v) is 5.32. The Bertz CT molecular complexity index is 533. The van der Waals surface area contributed by atoms with Crippen LogP contribution < -0.4 is 10.1 Å². The molecule has 20 heavy (non-hydrogen) atoms. The standard InChI is InChI=1S/C13H14BrNO5/c1-19-6-10(13(17)18)15-12(16)9-5-20-11-3-2-7(14)4-8(9)11/h2-4,9-10H,5-6H2,1H3,(H,15,16)(H,17,18). The third-order valence-corrected chi connectivity index (χ3v) is 3.51. The Morgan fingerprint density at radius 1 is 1.60 bits per heavy atom. The van der Waals surface area contributed by atoms with Gasteiger partial charge in [-0.3, -0.25) is 4.79 Å². The largest absolute Gasteiger partial charge is 0.492 e. The maximum absolute atomic E-state index is 12.2. The molecular formula is C13H14BrNO5. The number of rotatable bonds is 5. The van der Waals surface area contributed by atoms with Crippen molar-refractivity contribution in [2.24, 2.45) is 0 Å². The molecule has 1 aliphatic rings. The van der Waals surface area contributed by atoms with Gasteiger partial charge in [-0.1, -0.05) is 15.9 Å². The molecule has 1 aromatic rings. The van der Waals surface area contributed by atoms with Crippen molar-refractivity contribution < 1.29 is 24.2 Å². The van der Waals surface area contributed by atoms with Crippen LogP contribution in [-0.2, 0) is 14.3 Å². The van der Waals surface area contributed by atoms with Gasteiger partial charge in [0.05, 0.1) is 6.61 Å². The Morgan fingerprint density at radius 3 is 3.00 bits per heavy atom. The number of carbonyl (C=O) groups excluding carboxylic acids is 1. The Balaban J connectivity index is 2.12. The number of carboxylic acid groups (broad SMARTS) is 1. The predicted molar refractivity (Wildman–Crippen MR) is 73.8 cm³/mol. The lowest BCUT2D eigenvalue weighted by atomic mass is 10.0. The van der Waals surface area contributed by atoms with Crippen molar-refractivity contribution >= 4 is 27.8 Å². The number of ether oxygens (including phenoxy) is 2. The summed E-state index contributed by atoms with van der Waals surface area (Å²) in [5.41, 5.74) is 0.749. The second kappa shape index (κ2) is 6.23. The number of nitrogens with one attached hydrogen (secondary N) is 1. The summed E-state index contributed by atoms with van der Waals surface area (Å²) in [5, 5.41) is 11.5. The van der Waals surface area contributed by atoms with E-state index in [9.17, 15) is 9.59 Å². The highest BCUT2D eigenvalue weighted by Gasteiger charge is 2.33. The first-order valence-electron chi connectivity index (χ1n) is 5.97. The third kappa shape index (κ3) is 3.10. The van der Waals surface area contributed by atoms with Gasteiger partial charge in [-0.25, -0.2) is 4.79 Å². The van der Waals surface area contributed by atoms with Gasteiger partial charge in [-0.05, 0) is 18.2 Å². The Kier molecular flexibility index (Phi) is 4.61. The van der Waals surface area contributed by atoms with Crippen LogP contribution in [0.25, 0.3) is 0 Å². The van der Waals surface area contributed by atoms with Crippen LogP contribution in [0.2, 0.25) is 0 Å². The van der Waals surface area contributed by atoms with Crippen LogP contribution in [0.5, 0.6) is 5.75 Å². The van der Waals surface area contributed by atoms with Crippen molar-refractivity contribution in [3.63, 3.8) is 0 Å². The monoisotopic (exact) mass is 343 g/mol. The minimum absolute atomic E-state index is 0.0833. The number of aliphatic carboxylic acids is 1. The average Bonchev–Trinajstić information content (AvgIpc) is 2.80. The van der Waals surface area contributed by atoms with E-state index in [1.54, 1.807) is 12.1 Å². The third-order valence-electron chi connectivity index (χ3n) is 3.02. The van der Waals surface area contributed by atoms with Crippen molar-refractivity contribution in [2.45, 2.75) is 12.0 Å². The summed E-state index contributed by atoms with van der Waals surface area (Å²) in [6, 6.07) is 4.34. The number of hydrogen-bond acceptors (Lipinski definition) is 4. The normalized spacial score (nSPS) is 18.0. The molecule has 2 unspecified atom stereocenters. The Morgan fingerprint density at radius 2 is 2.35 bits per heavy atom. The van der Waals surface area contributed by atoms with Gasteiger partial charge in [0.1, 0.15) is 18.3 Å². The molecule has 0 spiro atoms. The topological polar surface area (TPSA) is 84.9 Å². The van der Waals surface area contributed by atoms with Crippen LogP contribution >= 0.6 is 15.9 Å². The molecule has 0 saturated carbocycles. The van der Waals surface area contributed by atoms with E-state index in [1.807, 2.05) is 6.07 Å². The summed E-state index contributed by atoms with van der Waals surface area (Å²) in [5.74, 6) is -1.38. The lowest BCUT2D eigenvalue weighted by molar-refractivity contribution is -0.143. The summed E-state index contributed by atoms with van der Waals surface area (Å²) >= 11 is 3.34. The molecule has 108 valence electrons. The quantitative estimate of drug-likeness (QED) is 0.837. The zero-order valence-corrected chi connectivity index (χ0v) is 12.3. The Hall–Kier alpha value is -1.60. The number of carboxylic acids is 1. The molecule has 1 heterocycles. The highest BCUT2D eigenvalue weighted by molar-refractivity contribution is 9.10. The first-order valence-corrected chi connectivity index (χ1v) is 6.76. The van der Waals surface area contributed by atoms with E-state index in [1.165, 1.54) is 7.11 Å². The number of carbonyl (C=O) groups is 2. The number of benzene rings is 1. The highest BCUT2D eigenvalue weighted by Crippen LogP contribution is 2.35. The number of hydrogen-bond donors (Lipinski definition) is 2. The molecule has 0 saturated heterocycles. The van der Waals surface area contributed by atoms with E-state index in [4.69, 9.17) is 14.6 Å². The minimum Gasteiger partial charge on any atom is -0.492 e. The molecule has 2 atom stereocenters. The number of amides is 1. The van der Waals surface area contributed by atoms with Gasteiger partial charge in [0.15, 0.2) is 6.04 Å². The molecule has 0 bridgehead atoms. The van der Waals surface area contributed by atoms with E-state index in [2.05, 4.69) is 21.2 Å². The molecule has 1 aliphatic heterocycles. The molecule has 2 N–H and O–H groups in total. The van der Waals surface area contributed by atoms with Crippen LogP contribution in [0, 0.1) is 0 Å². The fourth-order valence-electron chi connectivity index (χ4n) is 2.02. The molecule has 7 heteroatoms. The lowest BCUT2D eigenvalue weighted by Crippen LogP contribution is -2.46. The molecule has 0 fully saturated rings. The zero-order chi connectivity index (χ0) is 14.7. The van der Waals surface area contributed by atoms with Gasteiger partial charge in [0.25, 0.3) is 0 Å². The first-order chi connectivity index (χ1) is 9.52. The number of methoxy groups -OCH3 is 1. The summed E-state index contributed by atoms with van der Waals surface area (Å²) < 4.78 is 11.1. The van der Waals surface area contributed by atoms with Gasteiger partial charge in [-0.15, -0.1) is 0 Å². The molecule has 0 aliphatic carbocycles. The fourth-order valence-corrected chi connectivity index (χ4v) is 2.40. The molecule has 0 aromatic heterocycles. The van der Waals surface area contributed by atoms with Crippen LogP contribution in [0.1, 0.15) is 11.5 Å². The second-order valence-electron chi connectivity index (χ2n) is 4.40. The smallest absolute Gasteiger partial charge is 0.328 e. The number of fused-ring (bicyclic) bond motifs is 1. The summed E-state index contributed by atoms with van der Waals surface area (Å²) in [6.07, 6.45) is 0. The zero-order valence-electron chi connectivity index (χ0n) is 10.8. The van der Waals surface area contributed by atoms with Crippen LogP contribution in [0.3, 0.4) is 0 Å². The molecule has 2 rings (SSSR count). The van der Waals surface area contributed by atoms with E-state index < -0.39 is 17.9 Å². The minimum atomic E-state index is -1.13. The highest BCUT2D eigenvalue weighted by atomic mass is 79.9. The molecule has 1 amide bonds. The first kappa shape index (κ1) is 14.8. The van der Waals surface area contributed by atoms with Crippen LogP contribution in [-0.4, -0.2) is 43.3 Å². The van der Waals surface area contributed by atoms with Crippen molar-refractivity contribution in [3.05, 3.63) is 28.2 Å². The maximum Gasteiger partial charge on any atom is 0.328 e. The Labute approximate surface area is 124 Å². The van der Waals surface area contributed by atoms with E-state index in [0.717, 1.165) is 10.0 Å². The molecule has 0 radical (unpaired) electrons. The van der Waals surface area contributed by atoms with Gasteiger partial charge in [0.2, 0.25) is 5.91 Å². The molecule has 1 aromatic carbocycles. The molecular weight excluding hydrogens is 330 g/mol. The van der Waals surface area contributed by atoms with E-state index in [-0.39, 0.29) is 19.1 Å². The summed E-state index contributed by atoms with van der Waals surface area (Å²) in [7, 11) is 1.38. The van der Waals surface area contributed by atoms with Crippen molar-refractivity contribution in [2.75, 3.05) is 20.3 Å². The van der Waals surface area contributed by atoms with Gasteiger partial charge >= 0.3 is 5.97 Å². The molecule has 6 nitrogen and oxygen atoms in total. The predicted octanol–water partition coefficient (Wildman–Crippen LogP) is 1.14. The number of halogens is 1. The van der Waals surface area contributed by atoms with Gasteiger partial charge < -0.3 is 19.9 Å². The van der Waals surface area contributed by atoms with Gasteiger partial charge in [-0.2, -0.15) is 0 Å². The summed E-state index contributed by atoms with van der Waals surface area (Å²) in [4.78, 5) is 23.2. The fraction of sp³-hybridized carbons (Fsp3) is 0.385. The average molecular weight is 344 g/mol. The van der Waals surface area contributed by atoms with E-state index >= 15 is 0 Å². The lowest BCUT2D eigenvalue weighted by Gasteiger charge is -2.16. The van der Waals surface area contributed by atoms with Crippen molar-refractivity contribution in [3.8, 4) is 5.75 Å². The van der Waals surface area contributed by atoms with Gasteiger partial charge in [0, 0.05) is 17.1 Å². The SMILES string of the molecule is COCC(NC(=O)C1COc2ccc(Br)cc21)C(=O)O. The maximum atomic E-state index is 12.2. The summed E-state index contributed by atoms with van der Waals surface area (Å²) in [6.45, 7) is 0.122. The van der Waals surface area contributed by atoms with Crippen LogP contribution in [0.15, 0.2) is 22.7 Å². The van der Waals surface area contributed by atoms with Crippen molar-refractivity contribution in [1.29, 1.82) is 0 Å². The van der Waals surface area contributed by atoms with E-state index in [0.29, 0.717) is 5.75 Å². The van der Waals surface area contributed by atoms with Crippen molar-refractivity contribution in [1.82, 2.24) is 5.32 Å².